The molecule has 2 N–H and O–H groups in total. The molecule has 0 aromatic heterocycles. The Kier molecular flexibility index (Phi) is 4.80. The van der Waals surface area contributed by atoms with Crippen LogP contribution in [0.5, 0.6) is 0 Å². The maximum Gasteiger partial charge on any atom is 0.335 e. The molecular weight excluding hydrogens is 402 g/mol. The number of benzene rings is 2. The van der Waals surface area contributed by atoms with Crippen molar-refractivity contribution in [2.75, 3.05) is 5.32 Å². The first-order valence-electron chi connectivity index (χ1n) is 5.98. The Morgan fingerprint density at radius 3 is 2.43 bits per heavy atom. The average molecular weight is 413 g/mol. The van der Waals surface area contributed by atoms with Gasteiger partial charge in [-0.1, -0.05) is 22.0 Å². The first-order chi connectivity index (χ1) is 9.86. The molecule has 0 aliphatic carbocycles. The van der Waals surface area contributed by atoms with E-state index in [-0.39, 0.29) is 11.5 Å². The molecule has 0 bridgehead atoms. The molecule has 0 saturated heterocycles. The van der Waals surface area contributed by atoms with Crippen molar-refractivity contribution < 1.29 is 14.7 Å². The molecule has 0 fully saturated rings. The summed E-state index contributed by atoms with van der Waals surface area (Å²) < 4.78 is 1.27. The van der Waals surface area contributed by atoms with E-state index in [1.54, 1.807) is 12.1 Å². The van der Waals surface area contributed by atoms with Gasteiger partial charge in [0.25, 0.3) is 5.91 Å². The molecule has 0 heterocycles. The fraction of sp³-hybridized carbons (Fsp3) is 0.0667. The Bertz CT molecular complexity index is 729. The van der Waals surface area contributed by atoms with Crippen LogP contribution in [-0.2, 0) is 0 Å². The highest BCUT2D eigenvalue weighted by Crippen LogP contribution is 2.23. The lowest BCUT2D eigenvalue weighted by atomic mass is 10.1. The standard InChI is InChI=1S/C15H11Br2NO3/c1-8-2-3-12(13(17)4-8)14(19)18-11-6-9(15(20)21)5-10(16)7-11/h2-7H,1H3,(H,18,19)(H,20,21). The number of anilines is 1. The molecule has 0 spiro atoms. The summed E-state index contributed by atoms with van der Waals surface area (Å²) in [5.41, 5.74) is 2.04. The minimum absolute atomic E-state index is 0.0997. The van der Waals surface area contributed by atoms with Gasteiger partial charge in [-0.2, -0.15) is 0 Å². The van der Waals surface area contributed by atoms with Gasteiger partial charge < -0.3 is 10.4 Å². The van der Waals surface area contributed by atoms with Crippen LogP contribution in [-0.4, -0.2) is 17.0 Å². The summed E-state index contributed by atoms with van der Waals surface area (Å²) in [6, 6.07) is 9.92. The fourth-order valence-corrected chi connectivity index (χ4v) is 2.95. The van der Waals surface area contributed by atoms with Crippen molar-refractivity contribution in [3.05, 3.63) is 62.0 Å². The number of amides is 1. The van der Waals surface area contributed by atoms with Crippen LogP contribution < -0.4 is 5.32 Å². The van der Waals surface area contributed by atoms with E-state index in [0.29, 0.717) is 20.2 Å². The number of carboxylic acids is 1. The van der Waals surface area contributed by atoms with Crippen molar-refractivity contribution in [2.24, 2.45) is 0 Å². The SMILES string of the molecule is Cc1ccc(C(=O)Nc2cc(Br)cc(C(=O)O)c2)c(Br)c1. The highest BCUT2D eigenvalue weighted by molar-refractivity contribution is 9.10. The number of carbonyl (C=O) groups is 2. The third-order valence-corrected chi connectivity index (χ3v) is 3.89. The Morgan fingerprint density at radius 2 is 1.81 bits per heavy atom. The van der Waals surface area contributed by atoms with E-state index >= 15 is 0 Å². The van der Waals surface area contributed by atoms with Crippen LogP contribution in [0.2, 0.25) is 0 Å². The van der Waals surface area contributed by atoms with Crippen LogP contribution in [0.25, 0.3) is 0 Å². The molecule has 0 radical (unpaired) electrons. The zero-order chi connectivity index (χ0) is 15.6. The third-order valence-electron chi connectivity index (χ3n) is 2.77. The van der Waals surface area contributed by atoms with Crippen LogP contribution in [0.4, 0.5) is 5.69 Å². The number of carboxylic acid groups (broad SMARTS) is 1. The van der Waals surface area contributed by atoms with Crippen molar-refractivity contribution in [1.29, 1.82) is 0 Å². The first kappa shape index (κ1) is 15.7. The van der Waals surface area contributed by atoms with E-state index in [0.717, 1.165) is 5.56 Å². The number of aryl methyl sites for hydroxylation is 1. The summed E-state index contributed by atoms with van der Waals surface area (Å²) in [7, 11) is 0. The molecule has 0 saturated carbocycles. The first-order valence-corrected chi connectivity index (χ1v) is 7.57. The van der Waals surface area contributed by atoms with E-state index < -0.39 is 5.97 Å². The number of carbonyl (C=O) groups excluding carboxylic acids is 1. The quantitative estimate of drug-likeness (QED) is 0.781. The molecule has 4 nitrogen and oxygen atoms in total. The van der Waals surface area contributed by atoms with Crippen LogP contribution in [0.3, 0.4) is 0 Å². The molecule has 1 amide bonds. The van der Waals surface area contributed by atoms with Crippen molar-refractivity contribution in [2.45, 2.75) is 6.92 Å². The van der Waals surface area contributed by atoms with E-state index in [4.69, 9.17) is 5.11 Å². The van der Waals surface area contributed by atoms with Gasteiger partial charge in [-0.15, -0.1) is 0 Å². The summed E-state index contributed by atoms with van der Waals surface area (Å²) in [6.45, 7) is 1.93. The molecule has 0 unspecified atom stereocenters. The Morgan fingerprint density at radius 1 is 1.10 bits per heavy atom. The van der Waals surface area contributed by atoms with Gasteiger partial charge in [-0.25, -0.2) is 4.79 Å². The minimum atomic E-state index is -1.05. The lowest BCUT2D eigenvalue weighted by Crippen LogP contribution is -2.13. The Labute approximate surface area is 138 Å². The van der Waals surface area contributed by atoms with Gasteiger partial charge in [0.1, 0.15) is 0 Å². The van der Waals surface area contributed by atoms with Crippen LogP contribution in [0, 0.1) is 6.92 Å². The molecular formula is C15H11Br2NO3. The second-order valence-corrected chi connectivity index (χ2v) is 6.24. The maximum atomic E-state index is 12.2. The summed E-state index contributed by atoms with van der Waals surface area (Å²) in [4.78, 5) is 23.2. The van der Waals surface area contributed by atoms with Gasteiger partial charge >= 0.3 is 5.97 Å². The van der Waals surface area contributed by atoms with Crippen LogP contribution in [0.1, 0.15) is 26.3 Å². The zero-order valence-electron chi connectivity index (χ0n) is 11.0. The van der Waals surface area contributed by atoms with E-state index in [1.807, 2.05) is 19.1 Å². The normalized spacial score (nSPS) is 10.2. The second kappa shape index (κ2) is 6.41. The predicted octanol–water partition coefficient (Wildman–Crippen LogP) is 4.47. The van der Waals surface area contributed by atoms with Crippen molar-refractivity contribution in [1.82, 2.24) is 0 Å². The van der Waals surface area contributed by atoms with Gasteiger partial charge in [-0.3, -0.25) is 4.79 Å². The average Bonchev–Trinajstić information content (AvgIpc) is 2.37. The predicted molar refractivity (Wildman–Crippen MR) is 87.9 cm³/mol. The lowest BCUT2D eigenvalue weighted by Gasteiger charge is -2.09. The summed E-state index contributed by atoms with van der Waals surface area (Å²) in [5, 5.41) is 11.7. The zero-order valence-corrected chi connectivity index (χ0v) is 14.2. The van der Waals surface area contributed by atoms with Gasteiger partial charge in [0.15, 0.2) is 0 Å². The van der Waals surface area contributed by atoms with Crippen molar-refractivity contribution in [3.63, 3.8) is 0 Å². The summed E-state index contributed by atoms with van der Waals surface area (Å²) in [5.74, 6) is -1.36. The van der Waals surface area contributed by atoms with Gasteiger partial charge in [-0.05, 0) is 58.7 Å². The topological polar surface area (TPSA) is 66.4 Å². The third kappa shape index (κ3) is 3.92. The molecule has 0 aliphatic rings. The minimum Gasteiger partial charge on any atom is -0.478 e. The molecule has 2 rings (SSSR count). The number of hydrogen-bond donors (Lipinski definition) is 2. The Balaban J connectivity index is 2.29. The van der Waals surface area contributed by atoms with Crippen molar-refractivity contribution >= 4 is 49.4 Å². The maximum absolute atomic E-state index is 12.2. The van der Waals surface area contributed by atoms with Crippen molar-refractivity contribution in [3.8, 4) is 0 Å². The molecule has 6 heteroatoms. The van der Waals surface area contributed by atoms with Gasteiger partial charge in [0.2, 0.25) is 0 Å². The molecule has 2 aromatic rings. The van der Waals surface area contributed by atoms with Crippen LogP contribution in [0.15, 0.2) is 45.3 Å². The number of nitrogens with one attached hydrogen (secondary N) is 1. The highest BCUT2D eigenvalue weighted by Gasteiger charge is 2.12. The summed E-state index contributed by atoms with van der Waals surface area (Å²) >= 11 is 6.58. The number of halogens is 2. The van der Waals surface area contributed by atoms with Gasteiger partial charge in [0, 0.05) is 14.6 Å². The number of rotatable bonds is 3. The highest BCUT2D eigenvalue weighted by atomic mass is 79.9. The molecule has 0 aliphatic heterocycles. The van der Waals surface area contributed by atoms with E-state index in [1.165, 1.54) is 12.1 Å². The number of aromatic carboxylic acids is 1. The molecule has 21 heavy (non-hydrogen) atoms. The van der Waals surface area contributed by atoms with E-state index in [9.17, 15) is 9.59 Å². The summed E-state index contributed by atoms with van der Waals surface area (Å²) in [6.07, 6.45) is 0. The second-order valence-electron chi connectivity index (χ2n) is 4.47. The molecule has 0 atom stereocenters. The number of hydrogen-bond acceptors (Lipinski definition) is 2. The van der Waals surface area contributed by atoms with E-state index in [2.05, 4.69) is 37.2 Å². The van der Waals surface area contributed by atoms with Crippen LogP contribution >= 0.6 is 31.9 Å². The molecule has 2 aromatic carbocycles. The monoisotopic (exact) mass is 411 g/mol. The lowest BCUT2D eigenvalue weighted by molar-refractivity contribution is 0.0696. The smallest absolute Gasteiger partial charge is 0.335 e. The van der Waals surface area contributed by atoms with Gasteiger partial charge in [0.05, 0.1) is 11.1 Å². The largest absolute Gasteiger partial charge is 0.478 e. The Hall–Kier alpha value is -1.66. The molecule has 108 valence electrons. The fourth-order valence-electron chi connectivity index (χ4n) is 1.79.